The third-order valence-electron chi connectivity index (χ3n) is 4.04. The maximum Gasteiger partial charge on any atom is 0.0951 e. The number of thiophene rings is 1. The lowest BCUT2D eigenvalue weighted by molar-refractivity contribution is -0.108. The van der Waals surface area contributed by atoms with E-state index in [4.69, 9.17) is 0 Å². The zero-order chi connectivity index (χ0) is 13.5. The molecule has 0 amide bonds. The monoisotopic (exact) mass is 277 g/mol. The molecule has 0 aliphatic carbocycles. The van der Waals surface area contributed by atoms with Gasteiger partial charge in [0.25, 0.3) is 0 Å². The summed E-state index contributed by atoms with van der Waals surface area (Å²) in [6, 6.07) is 8.41. The topological polar surface area (TPSA) is 43.7 Å². The molecule has 102 valence electrons. The van der Waals surface area contributed by atoms with E-state index in [1.807, 2.05) is 0 Å². The Morgan fingerprint density at radius 1 is 1.42 bits per heavy atom. The number of aliphatic hydroxyl groups excluding tert-OH is 1. The Kier molecular flexibility index (Phi) is 3.35. The van der Waals surface area contributed by atoms with Crippen LogP contribution in [0.1, 0.15) is 18.9 Å². The molecule has 0 radical (unpaired) electrons. The van der Waals surface area contributed by atoms with E-state index < -0.39 is 11.7 Å². The maximum absolute atomic E-state index is 9.98. The van der Waals surface area contributed by atoms with E-state index in [-0.39, 0.29) is 0 Å². The third-order valence-corrected chi connectivity index (χ3v) is 5.05. The Morgan fingerprint density at radius 3 is 3.00 bits per heavy atom. The van der Waals surface area contributed by atoms with E-state index >= 15 is 0 Å². The molecule has 0 bridgehead atoms. The van der Waals surface area contributed by atoms with E-state index in [1.54, 1.807) is 18.3 Å². The van der Waals surface area contributed by atoms with Crippen molar-refractivity contribution in [3.8, 4) is 0 Å². The minimum atomic E-state index is -0.937. The van der Waals surface area contributed by atoms with E-state index in [0.717, 1.165) is 13.1 Å². The molecule has 2 atom stereocenters. The number of fused-ring (bicyclic) bond motifs is 1. The lowest BCUT2D eigenvalue weighted by Crippen LogP contribution is -2.53. The van der Waals surface area contributed by atoms with Crippen molar-refractivity contribution in [1.29, 1.82) is 0 Å². The first-order valence-electron chi connectivity index (χ1n) is 6.64. The highest BCUT2D eigenvalue weighted by molar-refractivity contribution is 7.17. The summed E-state index contributed by atoms with van der Waals surface area (Å²) < 4.78 is 1.31. The molecule has 1 aromatic carbocycles. The summed E-state index contributed by atoms with van der Waals surface area (Å²) in [5.74, 6) is 0. The summed E-state index contributed by atoms with van der Waals surface area (Å²) in [6.07, 6.45) is -0.0397. The molecule has 3 nitrogen and oxygen atoms in total. The van der Waals surface area contributed by atoms with Crippen molar-refractivity contribution < 1.29 is 10.2 Å². The summed E-state index contributed by atoms with van der Waals surface area (Å²) in [5, 5.41) is 23.4. The SMILES string of the molecule is C[C@]1(O)CCN(Cc2csc3ccccc23)C[C@@H]1O. The molecule has 2 aromatic rings. The second-order valence-corrected chi connectivity index (χ2v) is 6.53. The first-order valence-corrected chi connectivity index (χ1v) is 7.52. The summed E-state index contributed by atoms with van der Waals surface area (Å²) in [6.45, 7) is 3.93. The third kappa shape index (κ3) is 2.54. The molecule has 0 spiro atoms. The van der Waals surface area contributed by atoms with Gasteiger partial charge in [-0.15, -0.1) is 11.3 Å². The van der Waals surface area contributed by atoms with Crippen molar-refractivity contribution in [1.82, 2.24) is 4.90 Å². The van der Waals surface area contributed by atoms with Crippen LogP contribution < -0.4 is 0 Å². The normalized spacial score (nSPS) is 28.9. The number of aliphatic hydroxyl groups is 2. The van der Waals surface area contributed by atoms with Crippen LogP contribution in [0.2, 0.25) is 0 Å². The zero-order valence-corrected chi connectivity index (χ0v) is 11.9. The number of β-amino-alcohol motifs (C(OH)–C–C–N with tert-alkyl or cyclic N) is 1. The smallest absolute Gasteiger partial charge is 0.0951 e. The Balaban J connectivity index is 1.76. The van der Waals surface area contributed by atoms with Crippen LogP contribution in [-0.4, -0.2) is 39.9 Å². The van der Waals surface area contributed by atoms with Gasteiger partial charge in [0.1, 0.15) is 0 Å². The molecule has 2 heterocycles. The zero-order valence-electron chi connectivity index (χ0n) is 11.0. The average molecular weight is 277 g/mol. The van der Waals surface area contributed by atoms with E-state index in [2.05, 4.69) is 34.5 Å². The number of likely N-dealkylation sites (tertiary alicyclic amines) is 1. The molecule has 3 rings (SSSR count). The van der Waals surface area contributed by atoms with Gasteiger partial charge in [-0.05, 0) is 35.7 Å². The quantitative estimate of drug-likeness (QED) is 0.884. The van der Waals surface area contributed by atoms with Gasteiger partial charge in [-0.1, -0.05) is 18.2 Å². The Bertz CT molecular complexity index is 578. The number of rotatable bonds is 2. The second-order valence-electron chi connectivity index (χ2n) is 5.62. The van der Waals surface area contributed by atoms with Gasteiger partial charge in [-0.25, -0.2) is 0 Å². The Hall–Kier alpha value is -0.940. The molecule has 0 saturated carbocycles. The Morgan fingerprint density at radius 2 is 2.21 bits per heavy atom. The van der Waals surface area contributed by atoms with Crippen LogP contribution in [0.25, 0.3) is 10.1 Å². The standard InChI is InChI=1S/C15H19NO2S/c1-15(18)6-7-16(9-14(15)17)8-11-10-19-13-5-3-2-4-12(11)13/h2-5,10,14,17-18H,6-9H2,1H3/t14-,15-/m0/s1. The fourth-order valence-corrected chi connectivity index (χ4v) is 3.58. The number of hydrogen-bond acceptors (Lipinski definition) is 4. The van der Waals surface area contributed by atoms with Crippen LogP contribution >= 0.6 is 11.3 Å². The summed E-state index contributed by atoms with van der Waals surface area (Å²) >= 11 is 1.76. The van der Waals surface area contributed by atoms with Gasteiger partial charge >= 0.3 is 0 Å². The highest BCUT2D eigenvalue weighted by Gasteiger charge is 2.36. The molecule has 1 aliphatic rings. The van der Waals surface area contributed by atoms with Crippen LogP contribution in [0.15, 0.2) is 29.6 Å². The van der Waals surface area contributed by atoms with Crippen molar-refractivity contribution in [2.75, 3.05) is 13.1 Å². The van der Waals surface area contributed by atoms with Crippen molar-refractivity contribution in [3.63, 3.8) is 0 Å². The van der Waals surface area contributed by atoms with Gasteiger partial charge < -0.3 is 10.2 Å². The molecule has 1 saturated heterocycles. The first-order chi connectivity index (χ1) is 9.06. The van der Waals surface area contributed by atoms with Crippen LogP contribution in [-0.2, 0) is 6.54 Å². The minimum absolute atomic E-state index is 0.539. The highest BCUT2D eigenvalue weighted by Crippen LogP contribution is 2.29. The van der Waals surface area contributed by atoms with Crippen LogP contribution in [0, 0.1) is 0 Å². The van der Waals surface area contributed by atoms with Crippen molar-refractivity contribution in [2.45, 2.75) is 31.6 Å². The molecule has 1 aliphatic heterocycles. The molecule has 0 unspecified atom stereocenters. The van der Waals surface area contributed by atoms with Gasteiger partial charge in [0.15, 0.2) is 0 Å². The van der Waals surface area contributed by atoms with Crippen LogP contribution in [0.3, 0.4) is 0 Å². The fraction of sp³-hybridized carbons (Fsp3) is 0.467. The second kappa shape index (κ2) is 4.87. The first kappa shape index (κ1) is 13.1. The lowest BCUT2D eigenvalue weighted by Gasteiger charge is -2.39. The number of benzene rings is 1. The summed E-state index contributed by atoms with van der Waals surface area (Å²) in [7, 11) is 0. The highest BCUT2D eigenvalue weighted by atomic mass is 32.1. The van der Waals surface area contributed by atoms with E-state index in [9.17, 15) is 10.2 Å². The van der Waals surface area contributed by atoms with Gasteiger partial charge in [0.2, 0.25) is 0 Å². The number of piperidine rings is 1. The molecular weight excluding hydrogens is 258 g/mol. The summed E-state index contributed by atoms with van der Waals surface area (Å²) in [4.78, 5) is 2.22. The molecular formula is C15H19NO2S. The lowest BCUT2D eigenvalue weighted by atomic mass is 9.90. The molecule has 1 aromatic heterocycles. The van der Waals surface area contributed by atoms with Crippen molar-refractivity contribution in [3.05, 3.63) is 35.2 Å². The predicted octanol–water partition coefficient (Wildman–Crippen LogP) is 2.22. The van der Waals surface area contributed by atoms with Gasteiger partial charge in [0.05, 0.1) is 11.7 Å². The average Bonchev–Trinajstić information content (AvgIpc) is 2.78. The minimum Gasteiger partial charge on any atom is -0.389 e. The molecule has 19 heavy (non-hydrogen) atoms. The number of nitrogens with zero attached hydrogens (tertiary/aromatic N) is 1. The van der Waals surface area contributed by atoms with Crippen LogP contribution in [0.4, 0.5) is 0 Å². The summed E-state index contributed by atoms with van der Waals surface area (Å²) in [5.41, 5.74) is 0.377. The largest absolute Gasteiger partial charge is 0.389 e. The van der Waals surface area contributed by atoms with Crippen molar-refractivity contribution >= 4 is 21.4 Å². The Labute approximate surface area is 117 Å². The molecule has 2 N–H and O–H groups in total. The van der Waals surface area contributed by atoms with Crippen molar-refractivity contribution in [2.24, 2.45) is 0 Å². The maximum atomic E-state index is 9.98. The predicted molar refractivity (Wildman–Crippen MR) is 78.3 cm³/mol. The fourth-order valence-electron chi connectivity index (χ4n) is 2.62. The molecule has 4 heteroatoms. The van der Waals surface area contributed by atoms with E-state index in [1.165, 1.54) is 15.6 Å². The van der Waals surface area contributed by atoms with Gasteiger partial charge in [0, 0.05) is 24.3 Å². The van der Waals surface area contributed by atoms with E-state index in [0.29, 0.717) is 13.0 Å². The van der Waals surface area contributed by atoms with Gasteiger partial charge in [-0.2, -0.15) is 0 Å². The number of hydrogen-bond donors (Lipinski definition) is 2. The molecule has 1 fully saturated rings. The van der Waals surface area contributed by atoms with Gasteiger partial charge in [-0.3, -0.25) is 4.90 Å². The van der Waals surface area contributed by atoms with Crippen LogP contribution in [0.5, 0.6) is 0 Å².